The molecule has 1 unspecified atom stereocenters. The molecule has 3 saturated heterocycles. The van der Waals surface area contributed by atoms with E-state index in [-0.39, 0.29) is 24.7 Å². The Balaban J connectivity index is 1.00. The van der Waals surface area contributed by atoms with Crippen molar-refractivity contribution in [3.05, 3.63) is 64.7 Å². The van der Waals surface area contributed by atoms with Crippen LogP contribution in [0.5, 0.6) is 0 Å². The van der Waals surface area contributed by atoms with E-state index < -0.39 is 23.8 Å². The second-order valence-corrected chi connectivity index (χ2v) is 12.0. The summed E-state index contributed by atoms with van der Waals surface area (Å²) in [6, 6.07) is 12.3. The number of nitrogens with zero attached hydrogens (tertiary/aromatic N) is 3. The lowest BCUT2D eigenvalue weighted by molar-refractivity contribution is -0.136. The van der Waals surface area contributed by atoms with E-state index in [1.54, 1.807) is 12.1 Å². The van der Waals surface area contributed by atoms with Gasteiger partial charge in [-0.05, 0) is 74.5 Å². The molecule has 3 N–H and O–H groups in total. The molecule has 0 aromatic heterocycles. The Morgan fingerprint density at radius 3 is 2.40 bits per heavy atom. The van der Waals surface area contributed by atoms with E-state index in [0.717, 1.165) is 69.1 Å². The van der Waals surface area contributed by atoms with Gasteiger partial charge < -0.3 is 9.80 Å². The van der Waals surface area contributed by atoms with Crippen LogP contribution in [0.25, 0.3) is 0 Å². The SMILES string of the molecule is CCCNNC(=O)c1ccc(C2CCN(CC3CN(c4cccc5c4C(=O)N(C4CCC(=O)NC4=O)C5=O)C3)CC2)cc1. The van der Waals surface area contributed by atoms with Gasteiger partial charge in [0.25, 0.3) is 17.7 Å². The zero-order valence-corrected chi connectivity index (χ0v) is 24.4. The van der Waals surface area contributed by atoms with E-state index >= 15 is 0 Å². The van der Waals surface area contributed by atoms with Crippen molar-refractivity contribution >= 4 is 35.2 Å². The quantitative estimate of drug-likeness (QED) is 0.231. The minimum atomic E-state index is -0.963. The summed E-state index contributed by atoms with van der Waals surface area (Å²) in [5.74, 6) is -1.09. The van der Waals surface area contributed by atoms with Gasteiger partial charge in [0, 0.05) is 44.1 Å². The second-order valence-electron chi connectivity index (χ2n) is 12.0. The third-order valence-corrected chi connectivity index (χ3v) is 9.07. The van der Waals surface area contributed by atoms with Gasteiger partial charge in [0.1, 0.15) is 6.04 Å². The molecular weight excluding hydrogens is 548 g/mol. The number of fused-ring (bicyclic) bond motifs is 1. The number of nitrogens with one attached hydrogen (secondary N) is 3. The molecule has 2 aromatic rings. The first-order valence-electron chi connectivity index (χ1n) is 15.3. The second kappa shape index (κ2) is 12.3. The molecule has 226 valence electrons. The normalized spacial score (nSPS) is 21.6. The number of amides is 5. The minimum Gasteiger partial charge on any atom is -0.370 e. The van der Waals surface area contributed by atoms with Gasteiger partial charge in [0.05, 0.1) is 16.8 Å². The van der Waals surface area contributed by atoms with Crippen LogP contribution in [-0.2, 0) is 9.59 Å². The zero-order valence-electron chi connectivity index (χ0n) is 24.4. The molecule has 0 aliphatic carbocycles. The van der Waals surface area contributed by atoms with Crippen molar-refractivity contribution in [2.24, 2.45) is 5.92 Å². The number of hydrazine groups is 1. The largest absolute Gasteiger partial charge is 0.370 e. The van der Waals surface area contributed by atoms with Crippen molar-refractivity contribution in [3.8, 4) is 0 Å². The molecule has 43 heavy (non-hydrogen) atoms. The lowest BCUT2D eigenvalue weighted by Crippen LogP contribution is -2.54. The Morgan fingerprint density at radius 2 is 1.70 bits per heavy atom. The van der Waals surface area contributed by atoms with Gasteiger partial charge in [-0.25, -0.2) is 5.43 Å². The fraction of sp³-hybridized carbons (Fsp3) is 0.469. The number of carbonyl (C=O) groups is 5. The number of hydrogen-bond acceptors (Lipinski definition) is 8. The monoisotopic (exact) mass is 586 g/mol. The van der Waals surface area contributed by atoms with Crippen molar-refractivity contribution in [1.29, 1.82) is 0 Å². The van der Waals surface area contributed by atoms with Crippen molar-refractivity contribution in [3.63, 3.8) is 0 Å². The highest BCUT2D eigenvalue weighted by Gasteiger charge is 2.46. The molecule has 0 bridgehead atoms. The van der Waals surface area contributed by atoms with Crippen LogP contribution in [0.3, 0.4) is 0 Å². The van der Waals surface area contributed by atoms with Crippen LogP contribution in [0, 0.1) is 5.92 Å². The Morgan fingerprint density at radius 1 is 0.953 bits per heavy atom. The van der Waals surface area contributed by atoms with Crippen LogP contribution < -0.4 is 21.1 Å². The first-order chi connectivity index (χ1) is 20.8. The summed E-state index contributed by atoms with van der Waals surface area (Å²) in [6.45, 7) is 7.39. The molecule has 11 nitrogen and oxygen atoms in total. The molecule has 0 spiro atoms. The average molecular weight is 587 g/mol. The molecule has 1 atom stereocenters. The number of hydrogen-bond donors (Lipinski definition) is 3. The van der Waals surface area contributed by atoms with Crippen LogP contribution in [0.15, 0.2) is 42.5 Å². The van der Waals surface area contributed by atoms with Gasteiger partial charge in [-0.2, -0.15) is 0 Å². The number of anilines is 1. The standard InChI is InChI=1S/C32H38N6O5/c1-2-14-33-35-29(40)23-8-6-21(7-9-23)22-12-15-36(16-13-22)17-20-18-37(19-20)25-5-3-4-24-28(25)32(43)38(31(24)42)26-10-11-27(39)34-30(26)41/h3-9,20,22,26,33H,2,10-19H2,1H3,(H,35,40)(H,34,39,41). The van der Waals surface area contributed by atoms with Crippen LogP contribution in [0.4, 0.5) is 5.69 Å². The van der Waals surface area contributed by atoms with Gasteiger partial charge in [-0.1, -0.05) is 25.1 Å². The first kappa shape index (κ1) is 29.0. The molecular formula is C32H38N6O5. The van der Waals surface area contributed by atoms with Gasteiger partial charge >= 0.3 is 0 Å². The summed E-state index contributed by atoms with van der Waals surface area (Å²) in [5.41, 5.74) is 8.99. The summed E-state index contributed by atoms with van der Waals surface area (Å²) in [5, 5.41) is 2.25. The average Bonchev–Trinajstić information content (AvgIpc) is 3.25. The van der Waals surface area contributed by atoms with E-state index in [4.69, 9.17) is 0 Å². The van der Waals surface area contributed by atoms with Gasteiger partial charge in [0.15, 0.2) is 0 Å². The highest BCUT2D eigenvalue weighted by Crippen LogP contribution is 2.37. The predicted octanol–water partition coefficient (Wildman–Crippen LogP) is 2.05. The summed E-state index contributed by atoms with van der Waals surface area (Å²) < 4.78 is 0. The third kappa shape index (κ3) is 5.79. The maximum Gasteiger partial charge on any atom is 0.265 e. The summed E-state index contributed by atoms with van der Waals surface area (Å²) in [4.78, 5) is 68.5. The molecule has 4 aliphatic heterocycles. The number of imide groups is 2. The van der Waals surface area contributed by atoms with Crippen LogP contribution in [0.2, 0.25) is 0 Å². The summed E-state index contributed by atoms with van der Waals surface area (Å²) >= 11 is 0. The van der Waals surface area contributed by atoms with E-state index in [1.807, 2.05) is 25.1 Å². The molecule has 2 aromatic carbocycles. The number of rotatable bonds is 9. The fourth-order valence-electron chi connectivity index (χ4n) is 6.70. The summed E-state index contributed by atoms with van der Waals surface area (Å²) in [6.07, 6.45) is 3.33. The number of piperidine rings is 2. The number of likely N-dealkylation sites (tertiary alicyclic amines) is 1. The van der Waals surface area contributed by atoms with Gasteiger partial charge in [-0.15, -0.1) is 0 Å². The lowest BCUT2D eigenvalue weighted by Gasteiger charge is -2.45. The van der Waals surface area contributed by atoms with Crippen LogP contribution in [-0.4, -0.2) is 84.6 Å². The van der Waals surface area contributed by atoms with E-state index in [2.05, 4.69) is 38.1 Å². The van der Waals surface area contributed by atoms with E-state index in [1.165, 1.54) is 5.56 Å². The van der Waals surface area contributed by atoms with Crippen molar-refractivity contribution in [2.75, 3.05) is 44.2 Å². The Hall–Kier alpha value is -4.09. The molecule has 3 fully saturated rings. The maximum atomic E-state index is 13.4. The van der Waals surface area contributed by atoms with Crippen molar-refractivity contribution in [2.45, 2.75) is 51.0 Å². The lowest BCUT2D eigenvalue weighted by atomic mass is 9.88. The van der Waals surface area contributed by atoms with Gasteiger partial charge in [0.2, 0.25) is 11.8 Å². The van der Waals surface area contributed by atoms with Crippen LogP contribution in [0.1, 0.15) is 81.6 Å². The van der Waals surface area contributed by atoms with Crippen molar-refractivity contribution < 1.29 is 24.0 Å². The Kier molecular flexibility index (Phi) is 8.27. The van der Waals surface area contributed by atoms with Gasteiger partial charge in [-0.3, -0.25) is 39.6 Å². The number of carbonyl (C=O) groups excluding carboxylic acids is 5. The molecule has 0 saturated carbocycles. The predicted molar refractivity (Wildman–Crippen MR) is 159 cm³/mol. The smallest absolute Gasteiger partial charge is 0.265 e. The minimum absolute atomic E-state index is 0.101. The molecule has 4 aliphatic rings. The molecule has 5 amide bonds. The van der Waals surface area contributed by atoms with Crippen molar-refractivity contribution in [1.82, 2.24) is 26.0 Å². The highest BCUT2D eigenvalue weighted by atomic mass is 16.2. The molecule has 6 rings (SSSR count). The number of benzene rings is 2. The van der Waals surface area contributed by atoms with E-state index in [9.17, 15) is 24.0 Å². The first-order valence-corrected chi connectivity index (χ1v) is 15.3. The Bertz CT molecular complexity index is 1430. The molecule has 0 radical (unpaired) electrons. The Labute approximate surface area is 250 Å². The third-order valence-electron chi connectivity index (χ3n) is 9.07. The fourth-order valence-corrected chi connectivity index (χ4v) is 6.70. The molecule has 4 heterocycles. The molecule has 11 heteroatoms. The topological polar surface area (TPSA) is 131 Å². The summed E-state index contributed by atoms with van der Waals surface area (Å²) in [7, 11) is 0. The maximum absolute atomic E-state index is 13.4. The van der Waals surface area contributed by atoms with Crippen LogP contribution >= 0.6 is 0 Å². The highest BCUT2D eigenvalue weighted by molar-refractivity contribution is 6.25. The zero-order chi connectivity index (χ0) is 30.1. The van der Waals surface area contributed by atoms with E-state index in [0.29, 0.717) is 28.5 Å².